The minimum Gasteiger partial charge on any atom is -0.497 e. The van der Waals surface area contributed by atoms with Crippen LogP contribution < -0.4 is 10.1 Å². The summed E-state index contributed by atoms with van der Waals surface area (Å²) in [6.45, 7) is 5.66. The molecule has 1 saturated carbocycles. The van der Waals surface area contributed by atoms with Crippen molar-refractivity contribution in [2.75, 3.05) is 13.7 Å². The Bertz CT molecular complexity index is 455. The van der Waals surface area contributed by atoms with Gasteiger partial charge in [0, 0.05) is 11.1 Å². The molecule has 1 aromatic rings. The lowest BCUT2D eigenvalue weighted by Gasteiger charge is -2.42. The largest absolute Gasteiger partial charge is 0.497 e. The van der Waals surface area contributed by atoms with Crippen molar-refractivity contribution in [3.8, 4) is 5.75 Å². The number of halogens is 1. The summed E-state index contributed by atoms with van der Waals surface area (Å²) in [5, 5.41) is 4.56. The average Bonchev–Trinajstić information content (AvgIpc) is 2.49. The smallest absolute Gasteiger partial charge is 0.120 e. The maximum Gasteiger partial charge on any atom is 0.120 e. The second-order valence-electron chi connectivity index (χ2n) is 6.49. The fourth-order valence-corrected chi connectivity index (χ4v) is 3.82. The minimum absolute atomic E-state index is 0.297. The van der Waals surface area contributed by atoms with Crippen molar-refractivity contribution in [3.63, 3.8) is 0 Å². The molecule has 1 atom stereocenters. The highest BCUT2D eigenvalue weighted by molar-refractivity contribution is 6.31. The van der Waals surface area contributed by atoms with Crippen molar-refractivity contribution in [1.29, 1.82) is 0 Å². The lowest BCUT2D eigenvalue weighted by atomic mass is 9.68. The van der Waals surface area contributed by atoms with Gasteiger partial charge >= 0.3 is 0 Å². The number of benzene rings is 1. The predicted molar refractivity (Wildman–Crippen MR) is 90.2 cm³/mol. The zero-order chi connectivity index (χ0) is 15.3. The highest BCUT2D eigenvalue weighted by Crippen LogP contribution is 2.47. The molecule has 0 saturated heterocycles. The van der Waals surface area contributed by atoms with Crippen molar-refractivity contribution >= 4 is 11.6 Å². The molecule has 3 heteroatoms. The molecule has 1 unspecified atom stereocenters. The van der Waals surface area contributed by atoms with E-state index in [2.05, 4.69) is 25.2 Å². The summed E-state index contributed by atoms with van der Waals surface area (Å²) in [6, 6.07) is 6.42. The Kier molecular flexibility index (Phi) is 5.95. The molecule has 0 amide bonds. The van der Waals surface area contributed by atoms with E-state index in [9.17, 15) is 0 Å². The van der Waals surface area contributed by atoms with Crippen molar-refractivity contribution in [3.05, 3.63) is 28.8 Å². The van der Waals surface area contributed by atoms with E-state index in [1.807, 2.05) is 12.1 Å². The summed E-state index contributed by atoms with van der Waals surface area (Å²) in [5.74, 6) is 0.826. The number of hydrogen-bond acceptors (Lipinski definition) is 2. The van der Waals surface area contributed by atoms with Crippen LogP contribution in [0.1, 0.15) is 64.0 Å². The van der Waals surface area contributed by atoms with Crippen LogP contribution in [0.4, 0.5) is 0 Å². The molecule has 2 nitrogen and oxygen atoms in total. The van der Waals surface area contributed by atoms with Crippen LogP contribution in [0.15, 0.2) is 18.2 Å². The average molecular weight is 310 g/mol. The van der Waals surface area contributed by atoms with Gasteiger partial charge in [0.25, 0.3) is 0 Å². The van der Waals surface area contributed by atoms with Gasteiger partial charge in [0.05, 0.1) is 7.11 Å². The van der Waals surface area contributed by atoms with Crippen LogP contribution in [0, 0.1) is 5.41 Å². The number of rotatable bonds is 6. The number of hydrogen-bond donors (Lipinski definition) is 1. The van der Waals surface area contributed by atoms with Crippen molar-refractivity contribution in [1.82, 2.24) is 5.32 Å². The van der Waals surface area contributed by atoms with Crippen LogP contribution in [0.5, 0.6) is 5.75 Å². The molecule has 0 aromatic heterocycles. The topological polar surface area (TPSA) is 21.3 Å². The Morgan fingerprint density at radius 3 is 2.57 bits per heavy atom. The van der Waals surface area contributed by atoms with Gasteiger partial charge in [0.2, 0.25) is 0 Å². The zero-order valence-corrected chi connectivity index (χ0v) is 14.3. The summed E-state index contributed by atoms with van der Waals surface area (Å²) in [7, 11) is 1.68. The summed E-state index contributed by atoms with van der Waals surface area (Å²) < 4.78 is 5.28. The van der Waals surface area contributed by atoms with E-state index < -0.39 is 0 Å². The highest BCUT2D eigenvalue weighted by Gasteiger charge is 2.36. The third kappa shape index (κ3) is 3.92. The van der Waals surface area contributed by atoms with Crippen LogP contribution in [-0.4, -0.2) is 13.7 Å². The summed E-state index contributed by atoms with van der Waals surface area (Å²) in [5.41, 5.74) is 1.52. The summed E-state index contributed by atoms with van der Waals surface area (Å²) in [6.07, 6.45) is 7.71. The van der Waals surface area contributed by atoms with Crippen LogP contribution in [0.3, 0.4) is 0 Å². The van der Waals surface area contributed by atoms with E-state index in [1.54, 1.807) is 7.11 Å². The molecule has 1 aliphatic carbocycles. The van der Waals surface area contributed by atoms with Crippen LogP contribution >= 0.6 is 11.6 Å². The molecule has 2 rings (SSSR count). The van der Waals surface area contributed by atoms with Gasteiger partial charge in [-0.2, -0.15) is 0 Å². The number of nitrogens with one attached hydrogen (secondary N) is 1. The maximum absolute atomic E-state index is 6.54. The second kappa shape index (κ2) is 7.51. The third-order valence-electron chi connectivity index (χ3n) is 4.81. The Labute approximate surface area is 134 Å². The summed E-state index contributed by atoms with van der Waals surface area (Å²) in [4.78, 5) is 0. The SMILES string of the molecule is CCCNC(c1ccc(OC)cc1Cl)C1(C)CCCCC1. The van der Waals surface area contributed by atoms with Gasteiger partial charge in [-0.25, -0.2) is 0 Å². The van der Waals surface area contributed by atoms with E-state index in [0.717, 1.165) is 23.7 Å². The van der Waals surface area contributed by atoms with Crippen molar-refractivity contribution < 1.29 is 4.74 Å². The molecule has 21 heavy (non-hydrogen) atoms. The molecule has 1 aromatic carbocycles. The van der Waals surface area contributed by atoms with Gasteiger partial charge in [-0.1, -0.05) is 50.8 Å². The molecule has 0 radical (unpaired) electrons. The zero-order valence-electron chi connectivity index (χ0n) is 13.5. The molecule has 1 aliphatic rings. The first-order valence-electron chi connectivity index (χ1n) is 8.17. The molecule has 1 fully saturated rings. The van der Waals surface area contributed by atoms with Crippen LogP contribution in [-0.2, 0) is 0 Å². The Morgan fingerprint density at radius 2 is 2.00 bits per heavy atom. The van der Waals surface area contributed by atoms with E-state index in [1.165, 1.54) is 37.7 Å². The first-order valence-corrected chi connectivity index (χ1v) is 8.55. The molecule has 0 aliphatic heterocycles. The summed E-state index contributed by atoms with van der Waals surface area (Å²) >= 11 is 6.54. The van der Waals surface area contributed by atoms with Crippen LogP contribution in [0.25, 0.3) is 0 Å². The fraction of sp³-hybridized carbons (Fsp3) is 0.667. The van der Waals surface area contributed by atoms with Gasteiger partial charge in [-0.15, -0.1) is 0 Å². The highest BCUT2D eigenvalue weighted by atomic mass is 35.5. The van der Waals surface area contributed by atoms with Gasteiger partial charge in [-0.3, -0.25) is 0 Å². The van der Waals surface area contributed by atoms with Gasteiger partial charge < -0.3 is 10.1 Å². The Balaban J connectivity index is 2.30. The van der Waals surface area contributed by atoms with E-state index in [0.29, 0.717) is 11.5 Å². The lowest BCUT2D eigenvalue weighted by molar-refractivity contribution is 0.145. The molecule has 0 heterocycles. The van der Waals surface area contributed by atoms with Crippen LogP contribution in [0.2, 0.25) is 5.02 Å². The van der Waals surface area contributed by atoms with Crippen molar-refractivity contribution in [2.24, 2.45) is 5.41 Å². The number of ether oxygens (including phenoxy) is 1. The number of methoxy groups -OCH3 is 1. The van der Waals surface area contributed by atoms with Gasteiger partial charge in [0.1, 0.15) is 5.75 Å². The van der Waals surface area contributed by atoms with Gasteiger partial charge in [0.15, 0.2) is 0 Å². The minimum atomic E-state index is 0.297. The predicted octanol–water partition coefficient (Wildman–Crippen LogP) is 5.36. The molecule has 0 bridgehead atoms. The maximum atomic E-state index is 6.54. The Morgan fingerprint density at radius 1 is 1.29 bits per heavy atom. The first-order chi connectivity index (χ1) is 10.1. The third-order valence-corrected chi connectivity index (χ3v) is 5.14. The standard InChI is InChI=1S/C18H28ClNO/c1-4-12-20-17(18(2)10-6-5-7-11-18)15-9-8-14(21-3)13-16(15)19/h8-9,13,17,20H,4-7,10-12H2,1-3H3. The van der Waals surface area contributed by atoms with Crippen molar-refractivity contribution in [2.45, 2.75) is 58.4 Å². The Hall–Kier alpha value is -0.730. The first kappa shape index (κ1) is 16.6. The molecule has 1 N–H and O–H groups in total. The lowest BCUT2D eigenvalue weighted by Crippen LogP contribution is -2.38. The quantitative estimate of drug-likeness (QED) is 0.763. The molecule has 0 spiro atoms. The molecule has 118 valence electrons. The fourth-order valence-electron chi connectivity index (χ4n) is 3.54. The van der Waals surface area contributed by atoms with E-state index in [-0.39, 0.29) is 0 Å². The van der Waals surface area contributed by atoms with Gasteiger partial charge in [-0.05, 0) is 48.9 Å². The molecular formula is C18H28ClNO. The molecular weight excluding hydrogens is 282 g/mol. The monoisotopic (exact) mass is 309 g/mol. The van der Waals surface area contributed by atoms with E-state index in [4.69, 9.17) is 16.3 Å². The normalized spacial score (nSPS) is 19.2. The second-order valence-corrected chi connectivity index (χ2v) is 6.90. The van der Waals surface area contributed by atoms with E-state index >= 15 is 0 Å².